The van der Waals surface area contributed by atoms with Crippen LogP contribution in [-0.2, 0) is 4.74 Å². The maximum atomic E-state index is 11.8. The summed E-state index contributed by atoms with van der Waals surface area (Å²) in [7, 11) is 1.76. The van der Waals surface area contributed by atoms with Gasteiger partial charge in [-0.25, -0.2) is 4.98 Å². The van der Waals surface area contributed by atoms with Gasteiger partial charge in [0.05, 0.1) is 17.8 Å². The number of rotatable bonds is 6. The zero-order valence-corrected chi connectivity index (χ0v) is 16.0. The number of nitrogens with one attached hydrogen (secondary N) is 2. The summed E-state index contributed by atoms with van der Waals surface area (Å²) in [6.45, 7) is 0. The van der Waals surface area contributed by atoms with Gasteiger partial charge in [-0.2, -0.15) is 4.98 Å². The van der Waals surface area contributed by atoms with Crippen LogP contribution in [0.2, 0.25) is 0 Å². The number of methoxy groups -OCH3 is 1. The SMILES string of the molecule is CO[C@H]1CC[C@@H](Nc2ncc(C(N)=O)c(N[C@@H]3CCCC[C@H](O)C3)n2)CC1. The Morgan fingerprint density at radius 2 is 1.89 bits per heavy atom. The standard InChI is InChI=1S/C19H31N5O3/c1-27-15-8-6-12(7-9-15)23-19-21-11-16(17(20)26)18(24-19)22-13-4-2-3-5-14(25)10-13/h11-15,25H,2-10H2,1H3,(H2,20,26)(H2,21,22,23,24)/t12-,13-,14+,15+/m1/s1. The number of carbonyl (C=O) groups excluding carboxylic acids is 1. The van der Waals surface area contributed by atoms with Gasteiger partial charge in [-0.1, -0.05) is 12.8 Å². The van der Waals surface area contributed by atoms with E-state index in [1.54, 1.807) is 7.11 Å². The van der Waals surface area contributed by atoms with Crippen molar-refractivity contribution in [2.75, 3.05) is 17.7 Å². The second-order valence-electron chi connectivity index (χ2n) is 7.69. The largest absolute Gasteiger partial charge is 0.393 e. The number of aromatic nitrogens is 2. The third-order valence-electron chi connectivity index (χ3n) is 5.63. The highest BCUT2D eigenvalue weighted by atomic mass is 16.5. The van der Waals surface area contributed by atoms with Gasteiger partial charge in [0, 0.05) is 25.4 Å². The van der Waals surface area contributed by atoms with E-state index in [1.165, 1.54) is 6.20 Å². The predicted molar refractivity (Wildman–Crippen MR) is 104 cm³/mol. The first kappa shape index (κ1) is 19.8. The van der Waals surface area contributed by atoms with E-state index in [9.17, 15) is 9.90 Å². The Hall–Kier alpha value is -1.93. The smallest absolute Gasteiger partial charge is 0.254 e. The Kier molecular flexibility index (Phi) is 6.84. The van der Waals surface area contributed by atoms with E-state index in [1.807, 2.05) is 0 Å². The highest BCUT2D eigenvalue weighted by Crippen LogP contribution is 2.25. The minimum Gasteiger partial charge on any atom is -0.393 e. The highest BCUT2D eigenvalue weighted by Gasteiger charge is 2.24. The molecule has 2 atom stereocenters. The normalized spacial score (nSPS) is 29.0. The lowest BCUT2D eigenvalue weighted by Crippen LogP contribution is -2.30. The molecule has 1 aromatic heterocycles. The molecule has 0 bridgehead atoms. The molecule has 0 radical (unpaired) electrons. The summed E-state index contributed by atoms with van der Waals surface area (Å²) in [6, 6.07) is 0.365. The van der Waals surface area contributed by atoms with E-state index in [2.05, 4.69) is 20.6 Å². The Labute approximate surface area is 160 Å². The molecule has 3 rings (SSSR count). The summed E-state index contributed by atoms with van der Waals surface area (Å²) < 4.78 is 5.41. The fourth-order valence-electron chi connectivity index (χ4n) is 4.03. The Morgan fingerprint density at radius 3 is 2.59 bits per heavy atom. The topological polar surface area (TPSA) is 122 Å². The molecule has 2 fully saturated rings. The molecule has 1 aromatic rings. The van der Waals surface area contributed by atoms with E-state index < -0.39 is 5.91 Å². The van der Waals surface area contributed by atoms with Crippen LogP contribution in [0.25, 0.3) is 0 Å². The van der Waals surface area contributed by atoms with Crippen LogP contribution in [0.15, 0.2) is 6.20 Å². The first-order valence-electron chi connectivity index (χ1n) is 9.96. The number of ether oxygens (including phenoxy) is 1. The summed E-state index contributed by atoms with van der Waals surface area (Å²) in [5, 5.41) is 16.7. The minimum absolute atomic E-state index is 0.0699. The van der Waals surface area contributed by atoms with Crippen molar-refractivity contribution >= 4 is 17.7 Å². The molecule has 1 amide bonds. The van der Waals surface area contributed by atoms with Crippen molar-refractivity contribution in [2.45, 2.75) is 82.1 Å². The molecular weight excluding hydrogens is 346 g/mol. The molecule has 2 aliphatic rings. The van der Waals surface area contributed by atoms with Crippen LogP contribution in [0.4, 0.5) is 11.8 Å². The fourth-order valence-corrected chi connectivity index (χ4v) is 4.03. The number of carbonyl (C=O) groups is 1. The van der Waals surface area contributed by atoms with E-state index in [4.69, 9.17) is 10.5 Å². The number of amides is 1. The second kappa shape index (κ2) is 9.32. The molecule has 1 heterocycles. The average molecular weight is 377 g/mol. The van der Waals surface area contributed by atoms with Gasteiger partial charge >= 0.3 is 0 Å². The van der Waals surface area contributed by atoms with Crippen LogP contribution in [-0.4, -0.2) is 52.4 Å². The van der Waals surface area contributed by atoms with Crippen LogP contribution in [0.3, 0.4) is 0 Å². The van der Waals surface area contributed by atoms with Gasteiger partial charge < -0.3 is 26.2 Å². The van der Waals surface area contributed by atoms with E-state index in [-0.39, 0.29) is 17.7 Å². The molecule has 27 heavy (non-hydrogen) atoms. The van der Waals surface area contributed by atoms with Crippen LogP contribution in [0, 0.1) is 0 Å². The van der Waals surface area contributed by atoms with Gasteiger partial charge in [0.1, 0.15) is 5.82 Å². The van der Waals surface area contributed by atoms with E-state index in [0.717, 1.165) is 51.4 Å². The van der Waals surface area contributed by atoms with Crippen molar-refractivity contribution in [3.63, 3.8) is 0 Å². The lowest BCUT2D eigenvalue weighted by molar-refractivity contribution is 0.0681. The second-order valence-corrected chi connectivity index (χ2v) is 7.69. The molecule has 5 N–H and O–H groups in total. The number of primary amides is 1. The van der Waals surface area contributed by atoms with Gasteiger partial charge in [-0.05, 0) is 44.9 Å². The molecule has 2 saturated carbocycles. The van der Waals surface area contributed by atoms with Gasteiger partial charge in [-0.3, -0.25) is 4.79 Å². The average Bonchev–Trinajstić information content (AvgIpc) is 2.86. The summed E-state index contributed by atoms with van der Waals surface area (Å²) in [5.74, 6) is 0.390. The van der Waals surface area contributed by atoms with E-state index in [0.29, 0.717) is 30.3 Å². The van der Waals surface area contributed by atoms with Crippen molar-refractivity contribution in [1.29, 1.82) is 0 Å². The summed E-state index contributed by atoms with van der Waals surface area (Å²) >= 11 is 0. The number of hydrogen-bond acceptors (Lipinski definition) is 7. The van der Waals surface area contributed by atoms with Gasteiger partial charge in [0.2, 0.25) is 5.95 Å². The summed E-state index contributed by atoms with van der Waals surface area (Å²) in [6.07, 6.45) is 9.97. The third-order valence-corrected chi connectivity index (χ3v) is 5.63. The minimum atomic E-state index is -0.557. The van der Waals surface area contributed by atoms with Crippen LogP contribution in [0.5, 0.6) is 0 Å². The zero-order chi connectivity index (χ0) is 19.2. The molecule has 0 saturated heterocycles. The first-order chi connectivity index (χ1) is 13.0. The van der Waals surface area contributed by atoms with Gasteiger partial charge in [-0.15, -0.1) is 0 Å². The Balaban J connectivity index is 1.69. The highest BCUT2D eigenvalue weighted by molar-refractivity contribution is 5.97. The summed E-state index contributed by atoms with van der Waals surface area (Å²) in [5.41, 5.74) is 5.78. The molecule has 0 aromatic carbocycles. The van der Waals surface area contributed by atoms with Crippen LogP contribution < -0.4 is 16.4 Å². The molecule has 0 aliphatic heterocycles. The fraction of sp³-hybridized carbons (Fsp3) is 0.737. The molecule has 2 aliphatic carbocycles. The van der Waals surface area contributed by atoms with E-state index >= 15 is 0 Å². The van der Waals surface area contributed by atoms with Crippen molar-refractivity contribution in [3.8, 4) is 0 Å². The maximum absolute atomic E-state index is 11.8. The number of nitrogens with zero attached hydrogens (tertiary/aromatic N) is 2. The number of aliphatic hydroxyl groups excluding tert-OH is 1. The van der Waals surface area contributed by atoms with Gasteiger partial charge in [0.25, 0.3) is 5.91 Å². The van der Waals surface area contributed by atoms with Gasteiger partial charge in [0.15, 0.2) is 0 Å². The monoisotopic (exact) mass is 377 g/mol. The molecule has 0 unspecified atom stereocenters. The van der Waals surface area contributed by atoms with Crippen molar-refractivity contribution < 1.29 is 14.6 Å². The number of hydrogen-bond donors (Lipinski definition) is 4. The maximum Gasteiger partial charge on any atom is 0.254 e. The van der Waals surface area contributed by atoms with Crippen LogP contribution >= 0.6 is 0 Å². The quantitative estimate of drug-likeness (QED) is 0.560. The molecule has 0 spiro atoms. The van der Waals surface area contributed by atoms with Crippen molar-refractivity contribution in [2.24, 2.45) is 5.73 Å². The van der Waals surface area contributed by atoms with Crippen LogP contribution in [0.1, 0.15) is 68.1 Å². The van der Waals surface area contributed by atoms with Crippen molar-refractivity contribution in [1.82, 2.24) is 9.97 Å². The molecular formula is C19H31N5O3. The lowest BCUT2D eigenvalue weighted by atomic mass is 9.93. The molecule has 8 nitrogen and oxygen atoms in total. The molecule has 8 heteroatoms. The third kappa shape index (κ3) is 5.52. The summed E-state index contributed by atoms with van der Waals surface area (Å²) in [4.78, 5) is 20.6. The lowest BCUT2D eigenvalue weighted by Gasteiger charge is -2.28. The number of anilines is 2. The predicted octanol–water partition coefficient (Wildman–Crippen LogP) is 2.05. The number of nitrogens with two attached hydrogens (primary N) is 1. The van der Waals surface area contributed by atoms with Crippen molar-refractivity contribution in [3.05, 3.63) is 11.8 Å². The Bertz CT molecular complexity index is 634. The zero-order valence-electron chi connectivity index (χ0n) is 16.0. The number of aliphatic hydroxyl groups is 1. The Morgan fingerprint density at radius 1 is 1.15 bits per heavy atom. The first-order valence-corrected chi connectivity index (χ1v) is 9.96. The molecule has 150 valence electrons.